The summed E-state index contributed by atoms with van der Waals surface area (Å²) in [5, 5.41) is 6.83. The second-order valence-corrected chi connectivity index (χ2v) is 8.63. The number of aryl methyl sites for hydroxylation is 2. The molecule has 3 N–H and O–H groups in total. The van der Waals surface area contributed by atoms with Crippen LogP contribution in [-0.2, 0) is 30.4 Å². The van der Waals surface area contributed by atoms with Crippen LogP contribution in [0.5, 0.6) is 0 Å². The first-order valence-corrected chi connectivity index (χ1v) is 10.4. The fraction of sp³-hybridized carbons (Fsp3) is 0.526. The van der Waals surface area contributed by atoms with Gasteiger partial charge in [-0.15, -0.1) is 11.3 Å². The Bertz CT molecular complexity index is 960. The summed E-state index contributed by atoms with van der Waals surface area (Å²) in [5.74, 6) is -0.873. The Morgan fingerprint density at radius 2 is 2.00 bits per heavy atom. The first-order valence-electron chi connectivity index (χ1n) is 9.63. The summed E-state index contributed by atoms with van der Waals surface area (Å²) < 4.78 is 40.2. The molecule has 0 spiro atoms. The number of carbonyl (C=O) groups excluding carboxylic acids is 2. The van der Waals surface area contributed by atoms with Crippen LogP contribution in [0.15, 0.2) is 6.07 Å². The number of hydrogen-bond acceptors (Lipinski definition) is 4. The van der Waals surface area contributed by atoms with Crippen molar-refractivity contribution >= 4 is 28.2 Å². The highest BCUT2D eigenvalue weighted by atomic mass is 32.1. The quantitative estimate of drug-likeness (QED) is 0.735. The highest BCUT2D eigenvalue weighted by Crippen LogP contribution is 2.42. The number of alkyl halides is 3. The summed E-state index contributed by atoms with van der Waals surface area (Å²) in [6.07, 6.45) is 0.734. The zero-order chi connectivity index (χ0) is 20.8. The standard InChI is InChI=1S/C19H21F3N4O2S/c20-19(21,22)14-9-12(10-5-6-10)26(25-14)8-7-15(27)24-18-16(17(23)28)11-3-1-2-4-13(11)29-18/h9-10H,1-8H2,(H2,23,28)(H,24,27). The van der Waals surface area contributed by atoms with Gasteiger partial charge in [0.05, 0.1) is 5.56 Å². The molecule has 6 nitrogen and oxygen atoms in total. The van der Waals surface area contributed by atoms with Gasteiger partial charge in [0.25, 0.3) is 5.91 Å². The van der Waals surface area contributed by atoms with Crippen LogP contribution in [0.4, 0.5) is 18.2 Å². The molecular formula is C19H21F3N4O2S. The Morgan fingerprint density at radius 3 is 2.66 bits per heavy atom. The van der Waals surface area contributed by atoms with E-state index in [9.17, 15) is 22.8 Å². The Morgan fingerprint density at radius 1 is 1.28 bits per heavy atom. The minimum Gasteiger partial charge on any atom is -0.365 e. The largest absolute Gasteiger partial charge is 0.435 e. The van der Waals surface area contributed by atoms with E-state index in [1.807, 2.05) is 0 Å². The van der Waals surface area contributed by atoms with Crippen molar-refractivity contribution in [2.45, 2.75) is 63.6 Å². The Hall–Kier alpha value is -2.36. The lowest BCUT2D eigenvalue weighted by Crippen LogP contribution is -2.20. The van der Waals surface area contributed by atoms with Crippen LogP contribution >= 0.6 is 11.3 Å². The molecule has 2 amide bonds. The summed E-state index contributed by atoms with van der Waals surface area (Å²) >= 11 is 1.36. The van der Waals surface area contributed by atoms with Gasteiger partial charge < -0.3 is 11.1 Å². The number of primary amides is 1. The van der Waals surface area contributed by atoms with E-state index in [-0.39, 0.29) is 24.8 Å². The monoisotopic (exact) mass is 426 g/mol. The van der Waals surface area contributed by atoms with E-state index in [2.05, 4.69) is 10.4 Å². The maximum absolute atomic E-state index is 13.0. The molecule has 0 atom stereocenters. The minimum absolute atomic E-state index is 0.0422. The molecule has 0 radical (unpaired) electrons. The van der Waals surface area contributed by atoms with Crippen LogP contribution in [0.25, 0.3) is 0 Å². The number of carbonyl (C=O) groups is 2. The van der Waals surface area contributed by atoms with E-state index < -0.39 is 17.8 Å². The summed E-state index contributed by atoms with van der Waals surface area (Å²) in [4.78, 5) is 25.4. The minimum atomic E-state index is -4.51. The van der Waals surface area contributed by atoms with E-state index in [0.717, 1.165) is 55.0 Å². The third-order valence-electron chi connectivity index (χ3n) is 5.32. The molecule has 0 aliphatic heterocycles. The molecule has 0 unspecified atom stereocenters. The highest BCUT2D eigenvalue weighted by Gasteiger charge is 2.37. The van der Waals surface area contributed by atoms with Crippen molar-refractivity contribution in [3.05, 3.63) is 33.5 Å². The van der Waals surface area contributed by atoms with Crippen LogP contribution in [0.3, 0.4) is 0 Å². The first-order chi connectivity index (χ1) is 13.7. The van der Waals surface area contributed by atoms with Gasteiger partial charge >= 0.3 is 6.18 Å². The van der Waals surface area contributed by atoms with Crippen LogP contribution in [-0.4, -0.2) is 21.6 Å². The fourth-order valence-corrected chi connectivity index (χ4v) is 5.08. The van der Waals surface area contributed by atoms with Crippen molar-refractivity contribution in [2.24, 2.45) is 5.73 Å². The third-order valence-corrected chi connectivity index (χ3v) is 6.53. The summed E-state index contributed by atoms with van der Waals surface area (Å²) in [7, 11) is 0. The number of aromatic nitrogens is 2. The fourth-order valence-electron chi connectivity index (χ4n) is 3.77. The second kappa shape index (κ2) is 7.47. The predicted molar refractivity (Wildman–Crippen MR) is 102 cm³/mol. The van der Waals surface area contributed by atoms with Crippen molar-refractivity contribution in [2.75, 3.05) is 5.32 Å². The Labute approximate surface area is 169 Å². The van der Waals surface area contributed by atoms with E-state index in [1.165, 1.54) is 16.0 Å². The number of amides is 2. The Kier molecular flexibility index (Phi) is 5.14. The molecule has 29 heavy (non-hydrogen) atoms. The van der Waals surface area contributed by atoms with Crippen LogP contribution in [0.1, 0.15) is 70.2 Å². The van der Waals surface area contributed by atoms with Gasteiger partial charge in [0.1, 0.15) is 5.00 Å². The van der Waals surface area contributed by atoms with Crippen LogP contribution in [0, 0.1) is 0 Å². The number of hydrogen-bond donors (Lipinski definition) is 2. The molecular weight excluding hydrogens is 405 g/mol. The zero-order valence-electron chi connectivity index (χ0n) is 15.6. The van der Waals surface area contributed by atoms with E-state index in [1.54, 1.807) is 0 Å². The molecule has 2 aliphatic carbocycles. The smallest absolute Gasteiger partial charge is 0.365 e. The molecule has 2 heterocycles. The highest BCUT2D eigenvalue weighted by molar-refractivity contribution is 7.17. The first kappa shape index (κ1) is 19.9. The number of halogens is 3. The van der Waals surface area contributed by atoms with Crippen molar-refractivity contribution in [1.29, 1.82) is 0 Å². The van der Waals surface area contributed by atoms with E-state index >= 15 is 0 Å². The number of rotatable bonds is 6. The average molecular weight is 426 g/mol. The number of thiophene rings is 1. The van der Waals surface area contributed by atoms with Crippen molar-refractivity contribution in [1.82, 2.24) is 9.78 Å². The molecule has 0 aromatic carbocycles. The van der Waals surface area contributed by atoms with E-state index in [4.69, 9.17) is 5.73 Å². The molecule has 1 fully saturated rings. The molecule has 1 saturated carbocycles. The molecule has 10 heteroatoms. The number of nitrogens with zero attached hydrogens (tertiary/aromatic N) is 2. The van der Waals surface area contributed by atoms with Gasteiger partial charge in [-0.05, 0) is 50.2 Å². The van der Waals surface area contributed by atoms with Crippen LogP contribution in [0.2, 0.25) is 0 Å². The van der Waals surface area contributed by atoms with Crippen molar-refractivity contribution in [3.8, 4) is 0 Å². The maximum Gasteiger partial charge on any atom is 0.435 e. The predicted octanol–water partition coefficient (Wildman–Crippen LogP) is 3.85. The van der Waals surface area contributed by atoms with Gasteiger partial charge in [0.15, 0.2) is 5.69 Å². The molecule has 4 rings (SSSR count). The van der Waals surface area contributed by atoms with Gasteiger partial charge in [-0.25, -0.2) is 0 Å². The lowest BCUT2D eigenvalue weighted by Gasteiger charge is -2.11. The summed E-state index contributed by atoms with van der Waals surface area (Å²) in [6.45, 7) is 0.0464. The zero-order valence-corrected chi connectivity index (χ0v) is 16.5. The summed E-state index contributed by atoms with van der Waals surface area (Å²) in [6, 6.07) is 1.08. The Balaban J connectivity index is 1.47. The molecule has 0 bridgehead atoms. The number of fused-ring (bicyclic) bond motifs is 1. The normalized spacial score (nSPS) is 16.5. The van der Waals surface area contributed by atoms with Crippen LogP contribution < -0.4 is 11.1 Å². The van der Waals surface area contributed by atoms with Crippen molar-refractivity contribution < 1.29 is 22.8 Å². The lowest BCUT2D eigenvalue weighted by molar-refractivity contribution is -0.141. The van der Waals surface area contributed by atoms with Gasteiger partial charge in [-0.1, -0.05) is 0 Å². The lowest BCUT2D eigenvalue weighted by atomic mass is 9.95. The third kappa shape index (κ3) is 4.17. The molecule has 2 aliphatic rings. The molecule has 156 valence electrons. The number of anilines is 1. The average Bonchev–Trinajstić information content (AvgIpc) is 3.27. The van der Waals surface area contributed by atoms with Gasteiger partial charge in [0, 0.05) is 29.5 Å². The molecule has 2 aromatic rings. The maximum atomic E-state index is 13.0. The number of nitrogens with two attached hydrogens (primary N) is 1. The molecule has 0 saturated heterocycles. The SMILES string of the molecule is NC(=O)c1c(NC(=O)CCn2nc(C(F)(F)F)cc2C2CC2)sc2c1CCCC2. The van der Waals surface area contributed by atoms with Gasteiger partial charge in [-0.3, -0.25) is 14.3 Å². The molecule has 2 aromatic heterocycles. The number of nitrogens with one attached hydrogen (secondary N) is 1. The second-order valence-electron chi connectivity index (χ2n) is 7.53. The van der Waals surface area contributed by atoms with E-state index in [0.29, 0.717) is 16.3 Å². The van der Waals surface area contributed by atoms with Gasteiger partial charge in [0.2, 0.25) is 5.91 Å². The van der Waals surface area contributed by atoms with Gasteiger partial charge in [-0.2, -0.15) is 18.3 Å². The topological polar surface area (TPSA) is 90.0 Å². The summed E-state index contributed by atoms with van der Waals surface area (Å²) in [5.41, 5.74) is 6.41. The van der Waals surface area contributed by atoms with Crippen molar-refractivity contribution in [3.63, 3.8) is 0 Å².